The first kappa shape index (κ1) is 14.9. The molecule has 0 amide bonds. The van der Waals surface area contributed by atoms with E-state index < -0.39 is 0 Å². The Hall–Kier alpha value is -1.50. The molecule has 6 nitrogen and oxygen atoms in total. The van der Waals surface area contributed by atoms with Gasteiger partial charge in [-0.15, -0.1) is 0 Å². The Kier molecular flexibility index (Phi) is 5.46. The Morgan fingerprint density at radius 1 is 1.65 bits per heavy atom. The largest absolute Gasteiger partial charge is 0.469 e. The number of rotatable bonds is 5. The maximum Gasteiger partial charge on any atom is 0.308 e. The third-order valence-electron chi connectivity index (χ3n) is 3.34. The van der Waals surface area contributed by atoms with Crippen LogP contribution in [0.25, 0.3) is 0 Å². The van der Waals surface area contributed by atoms with Gasteiger partial charge in [-0.05, 0) is 17.7 Å². The summed E-state index contributed by atoms with van der Waals surface area (Å²) >= 11 is 0. The fourth-order valence-corrected chi connectivity index (χ4v) is 2.31. The van der Waals surface area contributed by atoms with Crippen molar-refractivity contribution in [3.8, 4) is 0 Å². The minimum Gasteiger partial charge on any atom is -0.469 e. The van der Waals surface area contributed by atoms with E-state index in [2.05, 4.69) is 14.6 Å². The number of pyridine rings is 1. The molecule has 1 fully saturated rings. The second kappa shape index (κ2) is 7.33. The summed E-state index contributed by atoms with van der Waals surface area (Å²) in [6.07, 6.45) is 1.99. The van der Waals surface area contributed by atoms with Crippen LogP contribution in [0.15, 0.2) is 18.3 Å². The number of carbonyl (C=O) groups excluding carboxylic acids is 1. The monoisotopic (exact) mass is 279 g/mol. The van der Waals surface area contributed by atoms with Crippen LogP contribution in [-0.4, -0.2) is 48.8 Å². The molecule has 1 aliphatic rings. The van der Waals surface area contributed by atoms with Crippen LogP contribution in [0.4, 0.5) is 0 Å². The minimum atomic E-state index is -0.230. The Labute approximate surface area is 118 Å². The molecule has 0 bridgehead atoms. The second-order valence-electron chi connectivity index (χ2n) is 4.87. The lowest BCUT2D eigenvalue weighted by Gasteiger charge is -2.32. The number of hydrogen-bond acceptors (Lipinski definition) is 6. The third kappa shape index (κ3) is 4.26. The summed E-state index contributed by atoms with van der Waals surface area (Å²) in [6, 6.07) is 4.01. The van der Waals surface area contributed by atoms with Crippen molar-refractivity contribution in [3.05, 3.63) is 29.6 Å². The van der Waals surface area contributed by atoms with Crippen molar-refractivity contribution in [1.29, 1.82) is 0 Å². The first-order valence-corrected chi connectivity index (χ1v) is 6.76. The molecule has 1 unspecified atom stereocenters. The van der Waals surface area contributed by atoms with Gasteiger partial charge in [0.25, 0.3) is 0 Å². The van der Waals surface area contributed by atoms with Gasteiger partial charge in [0.05, 0.1) is 31.9 Å². The normalized spacial score (nSPS) is 19.8. The maximum atomic E-state index is 11.3. The SMILES string of the molecule is COC(=O)CC1CN(Cc2ccnc(CN)c2)CCO1. The number of aromatic nitrogens is 1. The van der Waals surface area contributed by atoms with E-state index in [-0.39, 0.29) is 12.1 Å². The van der Waals surface area contributed by atoms with Crippen molar-refractivity contribution in [2.24, 2.45) is 5.73 Å². The number of methoxy groups -OCH3 is 1. The van der Waals surface area contributed by atoms with Gasteiger partial charge in [0, 0.05) is 32.4 Å². The number of ether oxygens (including phenoxy) is 2. The zero-order valence-electron chi connectivity index (χ0n) is 11.7. The predicted molar refractivity (Wildman–Crippen MR) is 73.8 cm³/mol. The van der Waals surface area contributed by atoms with Crippen molar-refractivity contribution in [2.45, 2.75) is 25.6 Å². The van der Waals surface area contributed by atoms with E-state index in [0.717, 1.165) is 25.3 Å². The standard InChI is InChI=1S/C14H21N3O3/c1-19-14(18)7-13-10-17(4-5-20-13)9-11-2-3-16-12(6-11)8-15/h2-3,6,13H,4-5,7-10,15H2,1H3. The number of nitrogens with zero attached hydrogens (tertiary/aromatic N) is 2. The van der Waals surface area contributed by atoms with Crippen molar-refractivity contribution >= 4 is 5.97 Å². The predicted octanol–water partition coefficient (Wildman–Crippen LogP) is 0.304. The Balaban J connectivity index is 1.90. The Bertz CT molecular complexity index is 453. The highest BCUT2D eigenvalue weighted by atomic mass is 16.5. The molecule has 1 aromatic heterocycles. The number of carbonyl (C=O) groups is 1. The third-order valence-corrected chi connectivity index (χ3v) is 3.34. The molecule has 0 radical (unpaired) electrons. The Morgan fingerprint density at radius 2 is 2.50 bits per heavy atom. The van der Waals surface area contributed by atoms with Gasteiger partial charge in [0.2, 0.25) is 0 Å². The first-order valence-electron chi connectivity index (χ1n) is 6.76. The van der Waals surface area contributed by atoms with E-state index in [4.69, 9.17) is 10.5 Å². The molecule has 110 valence electrons. The fourth-order valence-electron chi connectivity index (χ4n) is 2.31. The first-order chi connectivity index (χ1) is 9.71. The van der Waals surface area contributed by atoms with Gasteiger partial charge >= 0.3 is 5.97 Å². The number of morpholine rings is 1. The van der Waals surface area contributed by atoms with Crippen LogP contribution in [0.5, 0.6) is 0 Å². The zero-order valence-corrected chi connectivity index (χ0v) is 11.7. The minimum absolute atomic E-state index is 0.0907. The average molecular weight is 279 g/mol. The van der Waals surface area contributed by atoms with E-state index in [9.17, 15) is 4.79 Å². The molecule has 1 atom stereocenters. The van der Waals surface area contributed by atoms with Crippen molar-refractivity contribution in [2.75, 3.05) is 26.8 Å². The van der Waals surface area contributed by atoms with Crippen LogP contribution in [-0.2, 0) is 27.4 Å². The van der Waals surface area contributed by atoms with E-state index in [0.29, 0.717) is 19.6 Å². The van der Waals surface area contributed by atoms with Crippen molar-refractivity contribution in [1.82, 2.24) is 9.88 Å². The van der Waals surface area contributed by atoms with Crippen LogP contribution in [0, 0.1) is 0 Å². The second-order valence-corrected chi connectivity index (χ2v) is 4.87. The molecule has 0 saturated carbocycles. The van der Waals surface area contributed by atoms with Gasteiger partial charge in [-0.2, -0.15) is 0 Å². The summed E-state index contributed by atoms with van der Waals surface area (Å²) in [6.45, 7) is 3.49. The lowest BCUT2D eigenvalue weighted by Crippen LogP contribution is -2.42. The van der Waals surface area contributed by atoms with Gasteiger partial charge in [0.1, 0.15) is 0 Å². The molecule has 1 aliphatic heterocycles. The average Bonchev–Trinajstić information content (AvgIpc) is 2.47. The summed E-state index contributed by atoms with van der Waals surface area (Å²) in [7, 11) is 1.40. The summed E-state index contributed by atoms with van der Waals surface area (Å²) in [5.41, 5.74) is 7.67. The molecule has 0 aliphatic carbocycles. The van der Waals surface area contributed by atoms with Gasteiger partial charge < -0.3 is 15.2 Å². The van der Waals surface area contributed by atoms with Crippen molar-refractivity contribution < 1.29 is 14.3 Å². The molecule has 2 N–H and O–H groups in total. The van der Waals surface area contributed by atoms with Crippen molar-refractivity contribution in [3.63, 3.8) is 0 Å². The summed E-state index contributed by atoms with van der Waals surface area (Å²) in [5, 5.41) is 0. The molecule has 1 saturated heterocycles. The van der Waals surface area contributed by atoms with Gasteiger partial charge in [0.15, 0.2) is 0 Å². The van der Waals surface area contributed by atoms with E-state index in [1.54, 1.807) is 6.20 Å². The maximum absolute atomic E-state index is 11.3. The number of esters is 1. The highest BCUT2D eigenvalue weighted by molar-refractivity contribution is 5.69. The van der Waals surface area contributed by atoms with E-state index >= 15 is 0 Å². The van der Waals surface area contributed by atoms with E-state index in [1.165, 1.54) is 12.7 Å². The van der Waals surface area contributed by atoms with Gasteiger partial charge in [-0.25, -0.2) is 0 Å². The molecule has 20 heavy (non-hydrogen) atoms. The van der Waals surface area contributed by atoms with Crippen LogP contribution < -0.4 is 5.73 Å². The lowest BCUT2D eigenvalue weighted by molar-refractivity contribution is -0.145. The molecule has 2 heterocycles. The van der Waals surface area contributed by atoms with Crippen LogP contribution in [0.3, 0.4) is 0 Å². The molecule has 1 aromatic rings. The highest BCUT2D eigenvalue weighted by Gasteiger charge is 2.23. The van der Waals surface area contributed by atoms with Crippen LogP contribution in [0.2, 0.25) is 0 Å². The summed E-state index contributed by atoms with van der Waals surface area (Å²) in [5.74, 6) is -0.230. The lowest BCUT2D eigenvalue weighted by atomic mass is 10.1. The zero-order chi connectivity index (χ0) is 14.4. The molecule has 0 spiro atoms. The molecular formula is C14H21N3O3. The molecule has 6 heteroatoms. The molecular weight excluding hydrogens is 258 g/mol. The van der Waals surface area contributed by atoms with Gasteiger partial charge in [-0.3, -0.25) is 14.7 Å². The number of hydrogen-bond donors (Lipinski definition) is 1. The Morgan fingerprint density at radius 3 is 3.25 bits per heavy atom. The summed E-state index contributed by atoms with van der Waals surface area (Å²) < 4.78 is 10.3. The topological polar surface area (TPSA) is 77.7 Å². The van der Waals surface area contributed by atoms with E-state index in [1.807, 2.05) is 12.1 Å². The molecule has 2 rings (SSSR count). The highest BCUT2D eigenvalue weighted by Crippen LogP contribution is 2.13. The fraction of sp³-hybridized carbons (Fsp3) is 0.571. The number of nitrogens with two attached hydrogens (primary N) is 1. The smallest absolute Gasteiger partial charge is 0.308 e. The molecule has 0 aromatic carbocycles. The quantitative estimate of drug-likeness (QED) is 0.781. The van der Waals surface area contributed by atoms with Crippen LogP contribution >= 0.6 is 0 Å². The summed E-state index contributed by atoms with van der Waals surface area (Å²) in [4.78, 5) is 17.7. The van der Waals surface area contributed by atoms with Crippen LogP contribution in [0.1, 0.15) is 17.7 Å². The van der Waals surface area contributed by atoms with Gasteiger partial charge in [-0.1, -0.05) is 0 Å².